The van der Waals surface area contributed by atoms with Crippen LogP contribution < -0.4 is 21.7 Å². The summed E-state index contributed by atoms with van der Waals surface area (Å²) in [6, 6.07) is 5.33. The minimum absolute atomic E-state index is 0.00898. The van der Waals surface area contributed by atoms with Crippen LogP contribution in [0.3, 0.4) is 0 Å². The number of piperidine rings is 1. The molecular weight excluding hydrogens is 435 g/mol. The first-order chi connectivity index (χ1) is 14.2. The van der Waals surface area contributed by atoms with Crippen molar-refractivity contribution in [3.63, 3.8) is 0 Å². The second kappa shape index (κ2) is 8.76. The Hall–Kier alpha value is -2.40. The summed E-state index contributed by atoms with van der Waals surface area (Å²) in [6.45, 7) is 0.658. The molecule has 1 aliphatic heterocycles. The predicted octanol–water partition coefficient (Wildman–Crippen LogP) is 2.39. The molecule has 0 bridgehead atoms. The van der Waals surface area contributed by atoms with Crippen molar-refractivity contribution in [2.45, 2.75) is 29.5 Å². The van der Waals surface area contributed by atoms with Crippen LogP contribution in [0.1, 0.15) is 18.4 Å². The van der Waals surface area contributed by atoms with E-state index in [0.29, 0.717) is 19.4 Å². The number of primary amides is 1. The van der Waals surface area contributed by atoms with Gasteiger partial charge in [-0.05, 0) is 43.7 Å². The maximum absolute atomic E-state index is 14.2. The fourth-order valence-electron chi connectivity index (χ4n) is 3.56. The van der Waals surface area contributed by atoms with E-state index >= 15 is 0 Å². The van der Waals surface area contributed by atoms with Gasteiger partial charge in [0, 0.05) is 18.7 Å². The molecular formula is C19H22ClFN4O4S. The molecule has 1 fully saturated rings. The third-order valence-electron chi connectivity index (χ3n) is 5.04. The van der Waals surface area contributed by atoms with Crippen molar-refractivity contribution in [2.75, 3.05) is 18.0 Å². The lowest BCUT2D eigenvalue weighted by molar-refractivity contribution is 0.255. The maximum Gasteiger partial charge on any atom is 0.324 e. The molecule has 2 aromatic carbocycles. The van der Waals surface area contributed by atoms with Gasteiger partial charge < -0.3 is 21.9 Å². The van der Waals surface area contributed by atoms with E-state index in [1.807, 2.05) is 0 Å². The fourth-order valence-corrected chi connectivity index (χ4v) is 5.90. The van der Waals surface area contributed by atoms with Gasteiger partial charge in [-0.2, -0.15) is 0 Å². The molecule has 162 valence electrons. The number of phenolic OH excluding ortho intramolecular Hbond substituents is 1. The van der Waals surface area contributed by atoms with Crippen LogP contribution in [0.15, 0.2) is 35.2 Å². The van der Waals surface area contributed by atoms with Crippen molar-refractivity contribution >= 4 is 38.8 Å². The molecule has 0 unspecified atom stereocenters. The molecule has 0 aromatic heterocycles. The lowest BCUT2D eigenvalue weighted by Gasteiger charge is -2.27. The van der Waals surface area contributed by atoms with Gasteiger partial charge in [0.25, 0.3) is 0 Å². The van der Waals surface area contributed by atoms with E-state index in [-0.39, 0.29) is 35.1 Å². The Morgan fingerprint density at radius 2 is 2.03 bits per heavy atom. The van der Waals surface area contributed by atoms with Gasteiger partial charge in [0.15, 0.2) is 15.6 Å². The molecule has 8 nitrogen and oxygen atoms in total. The van der Waals surface area contributed by atoms with Crippen molar-refractivity contribution < 1.29 is 22.7 Å². The number of halogens is 2. The Morgan fingerprint density at radius 3 is 2.63 bits per heavy atom. The number of carbonyl (C=O) groups excluding carboxylic acids is 1. The van der Waals surface area contributed by atoms with Gasteiger partial charge in [-0.25, -0.2) is 17.6 Å². The first-order valence-electron chi connectivity index (χ1n) is 9.23. The number of anilines is 2. The minimum atomic E-state index is -4.03. The van der Waals surface area contributed by atoms with E-state index in [0.717, 1.165) is 4.90 Å². The Bertz CT molecular complexity index is 1070. The molecule has 6 N–H and O–H groups in total. The fraction of sp³-hybridized carbons (Fsp3) is 0.316. The number of urea groups is 1. The number of hydrogen-bond donors (Lipinski definition) is 4. The van der Waals surface area contributed by atoms with E-state index in [1.165, 1.54) is 30.3 Å². The van der Waals surface area contributed by atoms with Crippen LogP contribution in [0.4, 0.5) is 20.6 Å². The molecule has 11 heteroatoms. The maximum atomic E-state index is 14.2. The second-order valence-electron chi connectivity index (χ2n) is 6.87. The predicted molar refractivity (Wildman–Crippen MR) is 112 cm³/mol. The normalized spacial score (nSPS) is 17.0. The molecule has 0 radical (unpaired) electrons. The number of carbonyl (C=O) groups is 1. The quantitative estimate of drug-likeness (QED) is 0.544. The lowest BCUT2D eigenvalue weighted by Crippen LogP contribution is -2.39. The Labute approximate surface area is 178 Å². The average molecular weight is 457 g/mol. The summed E-state index contributed by atoms with van der Waals surface area (Å²) >= 11 is 6.15. The van der Waals surface area contributed by atoms with Crippen molar-refractivity contribution in [3.8, 4) is 5.75 Å². The highest BCUT2D eigenvalue weighted by Gasteiger charge is 2.35. The summed E-state index contributed by atoms with van der Waals surface area (Å²) < 4.78 is 40.6. The molecule has 2 aromatic rings. The van der Waals surface area contributed by atoms with Crippen molar-refractivity contribution in [1.82, 2.24) is 5.32 Å². The van der Waals surface area contributed by atoms with E-state index in [9.17, 15) is 22.7 Å². The molecule has 0 spiro atoms. The van der Waals surface area contributed by atoms with Crippen LogP contribution in [-0.4, -0.2) is 37.9 Å². The van der Waals surface area contributed by atoms with Crippen molar-refractivity contribution in [3.05, 3.63) is 46.7 Å². The zero-order valence-electron chi connectivity index (χ0n) is 15.9. The Kier molecular flexibility index (Phi) is 6.51. The van der Waals surface area contributed by atoms with Crippen LogP contribution in [0.25, 0.3) is 0 Å². The van der Waals surface area contributed by atoms with Gasteiger partial charge in [0.2, 0.25) is 0 Å². The lowest BCUT2D eigenvalue weighted by atomic mass is 10.1. The Morgan fingerprint density at radius 1 is 1.30 bits per heavy atom. The molecule has 3 rings (SSSR count). The van der Waals surface area contributed by atoms with E-state index < -0.39 is 37.6 Å². The summed E-state index contributed by atoms with van der Waals surface area (Å²) in [6.07, 6.45) is 1.05. The van der Waals surface area contributed by atoms with Crippen LogP contribution in [0, 0.1) is 5.82 Å². The average Bonchev–Trinajstić information content (AvgIpc) is 2.70. The van der Waals surface area contributed by atoms with Gasteiger partial charge in [-0.15, -0.1) is 0 Å². The Balaban J connectivity index is 2.20. The summed E-state index contributed by atoms with van der Waals surface area (Å²) in [5, 5.41) is 12.9. The first kappa shape index (κ1) is 22.3. The number of sulfone groups is 1. The van der Waals surface area contributed by atoms with Gasteiger partial charge >= 0.3 is 6.03 Å². The topological polar surface area (TPSA) is 139 Å². The number of nitrogens with one attached hydrogen (secondary N) is 1. The third kappa shape index (κ3) is 3.95. The smallest absolute Gasteiger partial charge is 0.324 e. The number of aromatic hydroxyl groups is 1. The highest BCUT2D eigenvalue weighted by molar-refractivity contribution is 7.92. The molecule has 30 heavy (non-hydrogen) atoms. The number of amides is 2. The van der Waals surface area contributed by atoms with E-state index in [4.69, 9.17) is 23.1 Å². The standard InChI is InChI=1S/C19H22ClFN4O4S/c20-13-6-7-16(17(26)18(13)30(28,29)11-3-2-8-24-10-11)25(19(23)27)15-5-1-4-14(21)12(15)9-22/h1,4-7,11,24,26H,2-3,8-10,22H2,(H2,23,27)/t11-/m0/s1. The summed E-state index contributed by atoms with van der Waals surface area (Å²) in [4.78, 5) is 12.6. The van der Waals surface area contributed by atoms with E-state index in [2.05, 4.69) is 5.32 Å². The molecule has 1 aliphatic rings. The van der Waals surface area contributed by atoms with Crippen LogP contribution >= 0.6 is 11.6 Å². The largest absolute Gasteiger partial charge is 0.504 e. The molecule has 0 aliphatic carbocycles. The van der Waals surface area contributed by atoms with Gasteiger partial charge in [0.05, 0.1) is 21.6 Å². The number of nitrogens with zero attached hydrogens (tertiary/aromatic N) is 1. The molecule has 1 heterocycles. The second-order valence-corrected chi connectivity index (χ2v) is 9.45. The van der Waals surface area contributed by atoms with Crippen LogP contribution in [0.5, 0.6) is 5.75 Å². The highest BCUT2D eigenvalue weighted by Crippen LogP contribution is 2.43. The monoisotopic (exact) mass is 456 g/mol. The molecule has 0 saturated carbocycles. The minimum Gasteiger partial charge on any atom is -0.504 e. The number of benzene rings is 2. The zero-order valence-corrected chi connectivity index (χ0v) is 17.5. The molecule has 1 saturated heterocycles. The number of nitrogens with two attached hydrogens (primary N) is 2. The van der Waals surface area contributed by atoms with Crippen LogP contribution in [-0.2, 0) is 16.4 Å². The summed E-state index contributed by atoms with van der Waals surface area (Å²) in [7, 11) is -4.03. The summed E-state index contributed by atoms with van der Waals surface area (Å²) in [5.74, 6) is -1.41. The van der Waals surface area contributed by atoms with Crippen molar-refractivity contribution in [1.29, 1.82) is 0 Å². The number of hydrogen-bond acceptors (Lipinski definition) is 6. The van der Waals surface area contributed by atoms with Crippen LogP contribution in [0.2, 0.25) is 5.02 Å². The summed E-state index contributed by atoms with van der Waals surface area (Å²) in [5.41, 5.74) is 10.9. The zero-order chi connectivity index (χ0) is 22.1. The van der Waals surface area contributed by atoms with Gasteiger partial charge in [0.1, 0.15) is 10.7 Å². The number of rotatable bonds is 5. The third-order valence-corrected chi connectivity index (χ3v) is 7.73. The number of phenols is 1. The SMILES string of the molecule is NCc1c(F)cccc1N(C(N)=O)c1ccc(Cl)c(S(=O)(=O)[C@H]2CCCNC2)c1O. The van der Waals surface area contributed by atoms with Gasteiger partial charge in [-0.1, -0.05) is 17.7 Å². The molecule has 1 atom stereocenters. The van der Waals surface area contributed by atoms with Crippen molar-refractivity contribution in [2.24, 2.45) is 11.5 Å². The molecule has 2 amide bonds. The first-order valence-corrected chi connectivity index (χ1v) is 11.2. The highest BCUT2D eigenvalue weighted by atomic mass is 35.5. The van der Waals surface area contributed by atoms with E-state index in [1.54, 1.807) is 0 Å². The van der Waals surface area contributed by atoms with Gasteiger partial charge in [-0.3, -0.25) is 4.90 Å².